The monoisotopic (exact) mass is 239 g/mol. The highest BCUT2D eigenvalue weighted by Gasteiger charge is 1.97. The molecule has 0 unspecified atom stereocenters. The molecule has 0 aliphatic carbocycles. The van der Waals surface area contributed by atoms with Crippen LogP contribution in [0.2, 0.25) is 0 Å². The van der Waals surface area contributed by atoms with Crippen LogP contribution in [0.3, 0.4) is 0 Å². The van der Waals surface area contributed by atoms with Gasteiger partial charge in [0.2, 0.25) is 6.08 Å². The van der Waals surface area contributed by atoms with Crippen LogP contribution >= 0.6 is 0 Å². The van der Waals surface area contributed by atoms with Crippen molar-refractivity contribution < 1.29 is 9.53 Å². The summed E-state index contributed by atoms with van der Waals surface area (Å²) in [7, 11) is 0. The first-order chi connectivity index (χ1) is 8.88. The van der Waals surface area contributed by atoms with Gasteiger partial charge < -0.3 is 4.74 Å². The Bertz CT molecular complexity index is 545. The third kappa shape index (κ3) is 3.58. The molecule has 0 N–H and O–H groups in total. The van der Waals surface area contributed by atoms with Crippen molar-refractivity contribution in [2.45, 2.75) is 6.42 Å². The summed E-state index contributed by atoms with van der Waals surface area (Å²) in [6, 6.07) is 17.2. The van der Waals surface area contributed by atoms with E-state index in [9.17, 15) is 4.79 Å². The SMILES string of the molecule is O=C=Nc1cccc(OCCc2ccccc2)c1. The molecule has 2 aromatic rings. The van der Waals surface area contributed by atoms with Crippen molar-refractivity contribution >= 4 is 11.8 Å². The molecule has 0 bridgehead atoms. The Morgan fingerprint density at radius 1 is 1.06 bits per heavy atom. The summed E-state index contributed by atoms with van der Waals surface area (Å²) in [5, 5.41) is 0. The van der Waals surface area contributed by atoms with Crippen LogP contribution in [0.1, 0.15) is 5.56 Å². The van der Waals surface area contributed by atoms with Crippen LogP contribution in [0.4, 0.5) is 5.69 Å². The number of carbonyl (C=O) groups excluding carboxylic acids is 1. The van der Waals surface area contributed by atoms with E-state index in [1.807, 2.05) is 24.3 Å². The molecule has 3 nitrogen and oxygen atoms in total. The molecule has 0 aliphatic rings. The zero-order valence-corrected chi connectivity index (χ0v) is 9.87. The van der Waals surface area contributed by atoms with Gasteiger partial charge in [-0.05, 0) is 17.7 Å². The second kappa shape index (κ2) is 6.38. The lowest BCUT2D eigenvalue weighted by molar-refractivity contribution is 0.322. The molecule has 2 aromatic carbocycles. The molecule has 0 amide bonds. The molecule has 3 heteroatoms. The average Bonchev–Trinajstić information content (AvgIpc) is 2.41. The smallest absolute Gasteiger partial charge is 0.240 e. The Labute approximate surface area is 106 Å². The summed E-state index contributed by atoms with van der Waals surface area (Å²) in [5.74, 6) is 0.711. The van der Waals surface area contributed by atoms with Gasteiger partial charge in [-0.15, -0.1) is 0 Å². The molecule has 0 spiro atoms. The first-order valence-corrected chi connectivity index (χ1v) is 5.73. The van der Waals surface area contributed by atoms with E-state index < -0.39 is 0 Å². The third-order valence-corrected chi connectivity index (χ3v) is 2.49. The van der Waals surface area contributed by atoms with Crippen molar-refractivity contribution in [2.24, 2.45) is 4.99 Å². The summed E-state index contributed by atoms with van der Waals surface area (Å²) >= 11 is 0. The van der Waals surface area contributed by atoms with Crippen LogP contribution in [0.15, 0.2) is 59.6 Å². The molecule has 0 saturated heterocycles. The number of rotatable bonds is 5. The van der Waals surface area contributed by atoms with Gasteiger partial charge in [-0.2, -0.15) is 4.99 Å². The van der Waals surface area contributed by atoms with E-state index in [2.05, 4.69) is 17.1 Å². The van der Waals surface area contributed by atoms with Gasteiger partial charge in [-0.25, -0.2) is 4.79 Å². The summed E-state index contributed by atoms with van der Waals surface area (Å²) in [6.07, 6.45) is 2.36. The number of hydrogen-bond acceptors (Lipinski definition) is 3. The van der Waals surface area contributed by atoms with Crippen LogP contribution in [-0.4, -0.2) is 12.7 Å². The van der Waals surface area contributed by atoms with Crippen molar-refractivity contribution in [1.29, 1.82) is 0 Å². The van der Waals surface area contributed by atoms with Gasteiger partial charge in [0.15, 0.2) is 0 Å². The predicted octanol–water partition coefficient (Wildman–Crippen LogP) is 3.28. The van der Waals surface area contributed by atoms with Crippen molar-refractivity contribution in [3.8, 4) is 5.75 Å². The summed E-state index contributed by atoms with van der Waals surface area (Å²) in [4.78, 5) is 13.7. The molecular formula is C15H13NO2. The standard InChI is InChI=1S/C15H13NO2/c17-12-16-14-7-4-8-15(11-14)18-10-9-13-5-2-1-3-6-13/h1-8,11H,9-10H2. The minimum absolute atomic E-state index is 0.558. The van der Waals surface area contributed by atoms with Crippen molar-refractivity contribution in [3.63, 3.8) is 0 Å². The van der Waals surface area contributed by atoms with Gasteiger partial charge in [0.25, 0.3) is 0 Å². The minimum Gasteiger partial charge on any atom is -0.493 e. The van der Waals surface area contributed by atoms with E-state index in [1.54, 1.807) is 18.2 Å². The van der Waals surface area contributed by atoms with Crippen molar-refractivity contribution in [1.82, 2.24) is 0 Å². The molecule has 18 heavy (non-hydrogen) atoms. The Hall–Kier alpha value is -2.38. The molecule has 0 aromatic heterocycles. The maximum absolute atomic E-state index is 10.2. The van der Waals surface area contributed by atoms with Gasteiger partial charge >= 0.3 is 0 Å². The molecule has 0 fully saturated rings. The molecule has 0 heterocycles. The van der Waals surface area contributed by atoms with E-state index in [0.29, 0.717) is 18.0 Å². The number of nitrogens with zero attached hydrogens (tertiary/aromatic N) is 1. The van der Waals surface area contributed by atoms with Gasteiger partial charge in [-0.1, -0.05) is 36.4 Å². The Balaban J connectivity index is 1.90. The van der Waals surface area contributed by atoms with Gasteiger partial charge in [0.05, 0.1) is 12.3 Å². The Morgan fingerprint density at radius 3 is 2.67 bits per heavy atom. The first kappa shape index (κ1) is 12.1. The van der Waals surface area contributed by atoms with Crippen LogP contribution in [0.25, 0.3) is 0 Å². The van der Waals surface area contributed by atoms with E-state index in [-0.39, 0.29) is 0 Å². The molecule has 0 saturated carbocycles. The fourth-order valence-corrected chi connectivity index (χ4v) is 1.63. The quantitative estimate of drug-likeness (QED) is 0.593. The van der Waals surface area contributed by atoms with Crippen molar-refractivity contribution in [3.05, 3.63) is 60.2 Å². The molecular weight excluding hydrogens is 226 g/mol. The van der Waals surface area contributed by atoms with Gasteiger partial charge in [0.1, 0.15) is 5.75 Å². The second-order valence-electron chi connectivity index (χ2n) is 3.78. The van der Waals surface area contributed by atoms with Crippen LogP contribution in [0.5, 0.6) is 5.75 Å². The van der Waals surface area contributed by atoms with Crippen molar-refractivity contribution in [2.75, 3.05) is 6.61 Å². The molecule has 0 atom stereocenters. The largest absolute Gasteiger partial charge is 0.493 e. The topological polar surface area (TPSA) is 38.7 Å². The fraction of sp³-hybridized carbons (Fsp3) is 0.133. The zero-order chi connectivity index (χ0) is 12.6. The third-order valence-electron chi connectivity index (χ3n) is 2.49. The molecule has 0 radical (unpaired) electrons. The number of aliphatic imine (C=N–C) groups is 1. The van der Waals surface area contributed by atoms with E-state index in [4.69, 9.17) is 4.74 Å². The average molecular weight is 239 g/mol. The first-order valence-electron chi connectivity index (χ1n) is 5.73. The zero-order valence-electron chi connectivity index (χ0n) is 9.87. The number of isocyanates is 1. The molecule has 2 rings (SSSR count). The van der Waals surface area contributed by atoms with Crippen LogP contribution < -0.4 is 4.74 Å². The second-order valence-corrected chi connectivity index (χ2v) is 3.78. The highest BCUT2D eigenvalue weighted by Crippen LogP contribution is 2.19. The molecule has 90 valence electrons. The maximum atomic E-state index is 10.2. The molecule has 0 aliphatic heterocycles. The lowest BCUT2D eigenvalue weighted by Gasteiger charge is -2.06. The maximum Gasteiger partial charge on any atom is 0.240 e. The van der Waals surface area contributed by atoms with Gasteiger partial charge in [0, 0.05) is 12.5 Å². The van der Waals surface area contributed by atoms with E-state index in [1.165, 1.54) is 11.6 Å². The number of hydrogen-bond donors (Lipinski definition) is 0. The van der Waals surface area contributed by atoms with E-state index >= 15 is 0 Å². The normalized spacial score (nSPS) is 9.56. The Kier molecular flexibility index (Phi) is 4.28. The minimum atomic E-state index is 0.558. The lowest BCUT2D eigenvalue weighted by Crippen LogP contribution is -2.00. The Morgan fingerprint density at radius 2 is 1.89 bits per heavy atom. The highest BCUT2D eigenvalue weighted by molar-refractivity contribution is 5.51. The van der Waals surface area contributed by atoms with Crippen LogP contribution in [-0.2, 0) is 11.2 Å². The lowest BCUT2D eigenvalue weighted by atomic mass is 10.2. The number of ether oxygens (including phenoxy) is 1. The summed E-state index contributed by atoms with van der Waals surface area (Å²) in [5.41, 5.74) is 1.79. The number of benzene rings is 2. The summed E-state index contributed by atoms with van der Waals surface area (Å²) < 4.78 is 5.61. The van der Waals surface area contributed by atoms with Crippen LogP contribution in [0, 0.1) is 0 Å². The summed E-state index contributed by atoms with van der Waals surface area (Å²) in [6.45, 7) is 0.596. The fourth-order valence-electron chi connectivity index (χ4n) is 1.63. The predicted molar refractivity (Wildman–Crippen MR) is 69.9 cm³/mol. The van der Waals surface area contributed by atoms with Gasteiger partial charge in [-0.3, -0.25) is 0 Å². The van der Waals surface area contributed by atoms with E-state index in [0.717, 1.165) is 6.42 Å². The highest BCUT2D eigenvalue weighted by atomic mass is 16.5.